The molecule has 1 unspecified atom stereocenters. The smallest absolute Gasteiger partial charge is 0.320 e. The molecule has 22 heavy (non-hydrogen) atoms. The fourth-order valence-corrected chi connectivity index (χ4v) is 2.35. The number of hydrogen-bond acceptors (Lipinski definition) is 4. The molecule has 0 saturated heterocycles. The largest absolute Gasteiger partial charge is 0.493 e. The Morgan fingerprint density at radius 2 is 2.09 bits per heavy atom. The molecule has 1 atom stereocenters. The third-order valence-electron chi connectivity index (χ3n) is 3.17. The van der Waals surface area contributed by atoms with E-state index in [1.54, 1.807) is 13.2 Å². The van der Waals surface area contributed by atoms with Crippen LogP contribution in [0.2, 0.25) is 5.02 Å². The molecule has 1 aromatic rings. The minimum atomic E-state index is -0.845. The Morgan fingerprint density at radius 1 is 1.36 bits per heavy atom. The topological polar surface area (TPSA) is 67.8 Å². The number of hydrogen-bond donors (Lipinski definition) is 2. The van der Waals surface area contributed by atoms with Crippen LogP contribution in [0.3, 0.4) is 0 Å². The molecule has 124 valence electrons. The molecule has 0 aliphatic carbocycles. The third kappa shape index (κ3) is 5.39. The van der Waals surface area contributed by atoms with Crippen molar-refractivity contribution in [1.29, 1.82) is 0 Å². The Labute approximate surface area is 136 Å². The van der Waals surface area contributed by atoms with E-state index in [1.165, 1.54) is 0 Å². The lowest BCUT2D eigenvalue weighted by Gasteiger charge is -2.16. The first-order valence-electron chi connectivity index (χ1n) is 7.48. The van der Waals surface area contributed by atoms with Crippen LogP contribution in [0.15, 0.2) is 12.1 Å². The first kappa shape index (κ1) is 18.6. The van der Waals surface area contributed by atoms with Crippen LogP contribution < -0.4 is 14.8 Å². The van der Waals surface area contributed by atoms with Crippen molar-refractivity contribution in [2.24, 2.45) is 0 Å². The highest BCUT2D eigenvalue weighted by molar-refractivity contribution is 6.32. The fraction of sp³-hybridized carbons (Fsp3) is 0.562. The molecule has 1 aromatic carbocycles. The van der Waals surface area contributed by atoms with Crippen molar-refractivity contribution in [3.63, 3.8) is 0 Å². The Balaban J connectivity index is 2.83. The average molecular weight is 330 g/mol. The van der Waals surface area contributed by atoms with E-state index < -0.39 is 12.0 Å². The molecule has 1 rings (SSSR count). The van der Waals surface area contributed by atoms with Gasteiger partial charge in [-0.2, -0.15) is 0 Å². The van der Waals surface area contributed by atoms with Crippen LogP contribution in [-0.4, -0.2) is 30.8 Å². The quantitative estimate of drug-likeness (QED) is 0.688. The summed E-state index contributed by atoms with van der Waals surface area (Å²) in [5, 5.41) is 12.6. The summed E-state index contributed by atoms with van der Waals surface area (Å²) in [6, 6.07) is 3.02. The van der Waals surface area contributed by atoms with Gasteiger partial charge < -0.3 is 19.9 Å². The molecular weight excluding hydrogens is 306 g/mol. The third-order valence-corrected chi connectivity index (χ3v) is 3.45. The molecular formula is C16H24ClNO4. The van der Waals surface area contributed by atoms with Crippen molar-refractivity contribution in [3.05, 3.63) is 22.7 Å². The Hall–Kier alpha value is -1.46. The molecule has 0 aromatic heterocycles. The molecule has 6 heteroatoms. The molecule has 0 fully saturated rings. The fourth-order valence-electron chi connectivity index (χ4n) is 2.06. The lowest BCUT2D eigenvalue weighted by molar-refractivity contribution is -0.139. The molecule has 0 bridgehead atoms. The predicted molar refractivity (Wildman–Crippen MR) is 87.0 cm³/mol. The van der Waals surface area contributed by atoms with Crippen LogP contribution in [0.1, 0.15) is 38.7 Å². The predicted octanol–water partition coefficient (Wildman–Crippen LogP) is 3.48. The molecule has 0 heterocycles. The monoisotopic (exact) mass is 329 g/mol. The van der Waals surface area contributed by atoms with E-state index in [-0.39, 0.29) is 0 Å². The van der Waals surface area contributed by atoms with Gasteiger partial charge in [0.1, 0.15) is 6.04 Å². The van der Waals surface area contributed by atoms with E-state index in [0.717, 1.165) is 18.4 Å². The normalized spacial score (nSPS) is 12.0. The van der Waals surface area contributed by atoms with Crippen molar-refractivity contribution in [2.45, 2.75) is 45.7 Å². The maximum Gasteiger partial charge on any atom is 0.320 e. The van der Waals surface area contributed by atoms with Gasteiger partial charge in [-0.15, -0.1) is 0 Å². The zero-order valence-electron chi connectivity index (χ0n) is 13.3. The average Bonchev–Trinajstić information content (AvgIpc) is 2.49. The van der Waals surface area contributed by atoms with Crippen LogP contribution >= 0.6 is 11.6 Å². The minimum absolute atomic E-state index is 0.404. The van der Waals surface area contributed by atoms with Gasteiger partial charge in [-0.25, -0.2) is 0 Å². The zero-order chi connectivity index (χ0) is 16.5. The Kier molecular flexibility index (Phi) is 8.06. The Bertz CT molecular complexity index is 493. The number of rotatable bonds is 10. The summed E-state index contributed by atoms with van der Waals surface area (Å²) >= 11 is 6.24. The van der Waals surface area contributed by atoms with Crippen LogP contribution in [-0.2, 0) is 11.3 Å². The van der Waals surface area contributed by atoms with Crippen LogP contribution in [0.5, 0.6) is 11.5 Å². The first-order valence-corrected chi connectivity index (χ1v) is 7.86. The van der Waals surface area contributed by atoms with Crippen molar-refractivity contribution in [1.82, 2.24) is 5.32 Å². The van der Waals surface area contributed by atoms with Gasteiger partial charge in [0.25, 0.3) is 0 Å². The number of carbonyl (C=O) groups is 1. The van der Waals surface area contributed by atoms with Gasteiger partial charge in [-0.05, 0) is 30.5 Å². The van der Waals surface area contributed by atoms with Gasteiger partial charge in [0.2, 0.25) is 0 Å². The highest BCUT2D eigenvalue weighted by Gasteiger charge is 2.17. The Morgan fingerprint density at radius 3 is 2.64 bits per heavy atom. The first-order chi connectivity index (χ1) is 10.5. The molecule has 5 nitrogen and oxygen atoms in total. The second-order valence-corrected chi connectivity index (χ2v) is 5.43. The molecule has 0 aliphatic rings. The van der Waals surface area contributed by atoms with E-state index >= 15 is 0 Å². The highest BCUT2D eigenvalue weighted by Crippen LogP contribution is 2.36. The number of carboxylic acids is 1. The van der Waals surface area contributed by atoms with E-state index in [4.69, 9.17) is 26.2 Å². The summed E-state index contributed by atoms with van der Waals surface area (Å²) in [6.45, 7) is 4.93. The summed E-state index contributed by atoms with van der Waals surface area (Å²) in [5.41, 5.74) is 0.855. The van der Waals surface area contributed by atoms with E-state index in [2.05, 4.69) is 5.32 Å². The summed E-state index contributed by atoms with van der Waals surface area (Å²) in [6.07, 6.45) is 2.26. The standard InChI is InChI=1S/C16H24ClNO4/c1-4-6-13(16(19)20)18-10-11-8-12(17)15(22-7-5-2)14(9-11)21-3/h8-9,13,18H,4-7,10H2,1-3H3,(H,19,20). The molecule has 2 N–H and O–H groups in total. The maximum absolute atomic E-state index is 11.1. The summed E-state index contributed by atoms with van der Waals surface area (Å²) in [5.74, 6) is 0.237. The van der Waals surface area contributed by atoms with Crippen molar-refractivity contribution < 1.29 is 19.4 Å². The number of methoxy groups -OCH3 is 1. The lowest BCUT2D eigenvalue weighted by atomic mass is 10.1. The van der Waals surface area contributed by atoms with Gasteiger partial charge in [0.05, 0.1) is 18.7 Å². The van der Waals surface area contributed by atoms with Crippen LogP contribution in [0, 0.1) is 0 Å². The molecule has 0 saturated carbocycles. The number of benzene rings is 1. The van der Waals surface area contributed by atoms with Gasteiger partial charge in [0.15, 0.2) is 11.5 Å². The van der Waals surface area contributed by atoms with Crippen molar-refractivity contribution in [2.75, 3.05) is 13.7 Å². The highest BCUT2D eigenvalue weighted by atomic mass is 35.5. The van der Waals surface area contributed by atoms with Gasteiger partial charge in [-0.3, -0.25) is 4.79 Å². The molecule has 0 amide bonds. The summed E-state index contributed by atoms with van der Waals surface area (Å²) < 4.78 is 10.9. The summed E-state index contributed by atoms with van der Waals surface area (Å²) in [4.78, 5) is 11.1. The van der Waals surface area contributed by atoms with E-state index in [1.807, 2.05) is 19.9 Å². The maximum atomic E-state index is 11.1. The number of aliphatic carboxylic acids is 1. The van der Waals surface area contributed by atoms with Gasteiger partial charge in [-0.1, -0.05) is 31.9 Å². The van der Waals surface area contributed by atoms with E-state index in [0.29, 0.717) is 36.1 Å². The van der Waals surface area contributed by atoms with Gasteiger partial charge >= 0.3 is 5.97 Å². The second-order valence-electron chi connectivity index (χ2n) is 5.02. The number of carboxylic acid groups (broad SMARTS) is 1. The molecule has 0 aliphatic heterocycles. The SMILES string of the molecule is CCCOc1c(Cl)cc(CNC(CCC)C(=O)O)cc1OC. The van der Waals surface area contributed by atoms with Crippen molar-refractivity contribution >= 4 is 17.6 Å². The number of nitrogens with one attached hydrogen (secondary N) is 1. The second kappa shape index (κ2) is 9.54. The lowest BCUT2D eigenvalue weighted by Crippen LogP contribution is -2.36. The van der Waals surface area contributed by atoms with Crippen molar-refractivity contribution in [3.8, 4) is 11.5 Å². The molecule has 0 spiro atoms. The zero-order valence-corrected chi connectivity index (χ0v) is 14.1. The molecule has 0 radical (unpaired) electrons. The number of ether oxygens (including phenoxy) is 2. The van der Waals surface area contributed by atoms with Gasteiger partial charge in [0, 0.05) is 6.54 Å². The van der Waals surface area contributed by atoms with Crippen LogP contribution in [0.25, 0.3) is 0 Å². The van der Waals surface area contributed by atoms with E-state index in [9.17, 15) is 4.79 Å². The van der Waals surface area contributed by atoms with Crippen LogP contribution in [0.4, 0.5) is 0 Å². The number of halogens is 1. The minimum Gasteiger partial charge on any atom is -0.493 e. The summed E-state index contributed by atoms with van der Waals surface area (Å²) in [7, 11) is 1.55.